The number of amides is 2. The summed E-state index contributed by atoms with van der Waals surface area (Å²) in [5, 5.41) is 5.95. The maximum atomic E-state index is 12.3. The largest absolute Gasteiger partial charge is 0.497 e. The van der Waals surface area contributed by atoms with Crippen LogP contribution in [0.2, 0.25) is 0 Å². The molecule has 3 rings (SSSR count). The van der Waals surface area contributed by atoms with Crippen molar-refractivity contribution in [2.45, 2.75) is 51.5 Å². The number of carbonyl (C=O) groups excluding carboxylic acids is 2. The number of nitrogens with zero attached hydrogens (tertiary/aromatic N) is 1. The minimum atomic E-state index is -0.147. The molecular weight excluding hydrogens is 402 g/mol. The van der Waals surface area contributed by atoms with E-state index >= 15 is 0 Å². The Bertz CT molecular complexity index is 893. The standard InChI is InChI=1S/C26H35N3O3/c1-26(2,3)20-7-5-19(6-8-20)25(31)27-16-13-24(30)28-21-14-17-29(18-15-21)22-9-11-23(32-4)12-10-22/h5-12,21H,13-18H2,1-4H3,(H,27,31)(H,28,30). The molecule has 1 aliphatic rings. The van der Waals surface area contributed by atoms with Crippen molar-refractivity contribution in [1.82, 2.24) is 10.6 Å². The molecule has 2 amide bonds. The van der Waals surface area contributed by atoms with E-state index in [-0.39, 0.29) is 29.7 Å². The maximum absolute atomic E-state index is 12.3. The van der Waals surface area contributed by atoms with Crippen LogP contribution in [0.15, 0.2) is 48.5 Å². The number of nitrogens with one attached hydrogen (secondary N) is 2. The number of piperidine rings is 1. The summed E-state index contributed by atoms with van der Waals surface area (Å²) in [5.41, 5.74) is 3.03. The smallest absolute Gasteiger partial charge is 0.251 e. The predicted octanol–water partition coefficient (Wildman–Crippen LogP) is 3.90. The van der Waals surface area contributed by atoms with Gasteiger partial charge < -0.3 is 20.3 Å². The number of methoxy groups -OCH3 is 1. The van der Waals surface area contributed by atoms with Crippen LogP contribution < -0.4 is 20.3 Å². The Hall–Kier alpha value is -3.02. The van der Waals surface area contributed by atoms with E-state index in [4.69, 9.17) is 4.74 Å². The van der Waals surface area contributed by atoms with E-state index < -0.39 is 0 Å². The zero-order chi connectivity index (χ0) is 23.1. The van der Waals surface area contributed by atoms with Crippen molar-refractivity contribution in [3.05, 3.63) is 59.7 Å². The quantitative estimate of drug-likeness (QED) is 0.689. The number of hydrogen-bond donors (Lipinski definition) is 2. The monoisotopic (exact) mass is 437 g/mol. The molecule has 6 heteroatoms. The zero-order valence-corrected chi connectivity index (χ0v) is 19.6. The summed E-state index contributed by atoms with van der Waals surface area (Å²) in [6, 6.07) is 15.9. The molecule has 0 unspecified atom stereocenters. The van der Waals surface area contributed by atoms with Crippen molar-refractivity contribution < 1.29 is 14.3 Å². The molecule has 0 spiro atoms. The SMILES string of the molecule is COc1ccc(N2CCC(NC(=O)CCNC(=O)c3ccc(C(C)(C)C)cc3)CC2)cc1. The van der Waals surface area contributed by atoms with E-state index in [0.29, 0.717) is 12.1 Å². The van der Waals surface area contributed by atoms with Gasteiger partial charge in [0.15, 0.2) is 0 Å². The second-order valence-electron chi connectivity index (χ2n) is 9.36. The van der Waals surface area contributed by atoms with E-state index in [1.165, 1.54) is 11.3 Å². The number of benzene rings is 2. The molecule has 0 atom stereocenters. The minimum absolute atomic E-state index is 0.0173. The van der Waals surface area contributed by atoms with Gasteiger partial charge in [0.05, 0.1) is 7.11 Å². The highest BCUT2D eigenvalue weighted by Gasteiger charge is 2.21. The lowest BCUT2D eigenvalue weighted by Gasteiger charge is -2.34. The van der Waals surface area contributed by atoms with Crippen LogP contribution >= 0.6 is 0 Å². The molecule has 2 aromatic rings. The van der Waals surface area contributed by atoms with Gasteiger partial charge in [0.2, 0.25) is 5.91 Å². The first-order valence-corrected chi connectivity index (χ1v) is 11.3. The lowest BCUT2D eigenvalue weighted by molar-refractivity contribution is -0.121. The molecule has 0 saturated carbocycles. The Morgan fingerprint density at radius 3 is 2.19 bits per heavy atom. The second kappa shape index (κ2) is 10.5. The molecule has 0 bridgehead atoms. The van der Waals surface area contributed by atoms with E-state index in [9.17, 15) is 9.59 Å². The Morgan fingerprint density at radius 2 is 1.62 bits per heavy atom. The lowest BCUT2D eigenvalue weighted by atomic mass is 9.87. The summed E-state index contributed by atoms with van der Waals surface area (Å²) in [5.74, 6) is 0.687. The third-order valence-corrected chi connectivity index (χ3v) is 5.95. The van der Waals surface area contributed by atoms with E-state index in [0.717, 1.165) is 31.7 Å². The van der Waals surface area contributed by atoms with Gasteiger partial charge in [0.1, 0.15) is 5.75 Å². The Labute approximate surface area is 191 Å². The number of anilines is 1. The Kier molecular flexibility index (Phi) is 7.78. The molecule has 1 heterocycles. The van der Waals surface area contributed by atoms with Crippen molar-refractivity contribution in [3.8, 4) is 5.75 Å². The number of hydrogen-bond acceptors (Lipinski definition) is 4. The summed E-state index contributed by atoms with van der Waals surface area (Å²) >= 11 is 0. The van der Waals surface area contributed by atoms with Gasteiger partial charge >= 0.3 is 0 Å². The molecule has 1 fully saturated rings. The van der Waals surface area contributed by atoms with Gasteiger partial charge in [-0.25, -0.2) is 0 Å². The summed E-state index contributed by atoms with van der Waals surface area (Å²) < 4.78 is 5.21. The third-order valence-electron chi connectivity index (χ3n) is 5.95. The van der Waals surface area contributed by atoms with Gasteiger partial charge in [-0.15, -0.1) is 0 Å². The average molecular weight is 438 g/mol. The fourth-order valence-corrected chi connectivity index (χ4v) is 3.89. The van der Waals surface area contributed by atoms with Gasteiger partial charge in [0, 0.05) is 43.3 Å². The van der Waals surface area contributed by atoms with Crippen LogP contribution in [0.1, 0.15) is 56.0 Å². The van der Waals surface area contributed by atoms with E-state index in [2.05, 4.69) is 48.4 Å². The molecule has 0 radical (unpaired) electrons. The first-order valence-electron chi connectivity index (χ1n) is 11.3. The molecule has 0 aromatic heterocycles. The van der Waals surface area contributed by atoms with Crippen molar-refractivity contribution in [1.29, 1.82) is 0 Å². The van der Waals surface area contributed by atoms with Crippen LogP contribution in [0, 0.1) is 0 Å². The molecule has 2 aromatic carbocycles. The Balaban J connectivity index is 1.36. The molecular formula is C26H35N3O3. The third kappa shape index (κ3) is 6.49. The van der Waals surface area contributed by atoms with Gasteiger partial charge in [-0.1, -0.05) is 32.9 Å². The maximum Gasteiger partial charge on any atom is 0.251 e. The van der Waals surface area contributed by atoms with Gasteiger partial charge in [0.25, 0.3) is 5.91 Å². The highest BCUT2D eigenvalue weighted by molar-refractivity contribution is 5.94. The first-order chi connectivity index (χ1) is 15.3. The van der Waals surface area contributed by atoms with Crippen molar-refractivity contribution >= 4 is 17.5 Å². The van der Waals surface area contributed by atoms with Crippen molar-refractivity contribution in [2.75, 3.05) is 31.6 Å². The van der Waals surface area contributed by atoms with Crippen LogP contribution in [0.4, 0.5) is 5.69 Å². The molecule has 2 N–H and O–H groups in total. The fraction of sp³-hybridized carbons (Fsp3) is 0.462. The highest BCUT2D eigenvalue weighted by Crippen LogP contribution is 2.23. The first kappa shape index (κ1) is 23.6. The van der Waals surface area contributed by atoms with Crippen LogP contribution in [-0.4, -0.2) is 44.6 Å². The minimum Gasteiger partial charge on any atom is -0.497 e. The van der Waals surface area contributed by atoms with E-state index in [1.807, 2.05) is 36.4 Å². The Morgan fingerprint density at radius 1 is 1.00 bits per heavy atom. The topological polar surface area (TPSA) is 70.7 Å². The number of carbonyl (C=O) groups is 2. The highest BCUT2D eigenvalue weighted by atomic mass is 16.5. The summed E-state index contributed by atoms with van der Waals surface area (Å²) in [6.07, 6.45) is 2.10. The normalized spacial score (nSPS) is 14.7. The lowest BCUT2D eigenvalue weighted by Crippen LogP contribution is -2.45. The number of ether oxygens (including phenoxy) is 1. The van der Waals surface area contributed by atoms with Gasteiger partial charge in [-0.3, -0.25) is 9.59 Å². The van der Waals surface area contributed by atoms with Crippen LogP contribution in [0.3, 0.4) is 0 Å². The molecule has 172 valence electrons. The van der Waals surface area contributed by atoms with Gasteiger partial charge in [-0.05, 0) is 60.2 Å². The molecule has 1 saturated heterocycles. The summed E-state index contributed by atoms with van der Waals surface area (Å²) in [6.45, 7) is 8.56. The van der Waals surface area contributed by atoms with Gasteiger partial charge in [-0.2, -0.15) is 0 Å². The van der Waals surface area contributed by atoms with Crippen molar-refractivity contribution in [3.63, 3.8) is 0 Å². The van der Waals surface area contributed by atoms with Crippen LogP contribution in [0.5, 0.6) is 5.75 Å². The molecule has 0 aliphatic carbocycles. The average Bonchev–Trinajstić information content (AvgIpc) is 2.79. The molecule has 6 nitrogen and oxygen atoms in total. The second-order valence-corrected chi connectivity index (χ2v) is 9.36. The number of rotatable bonds is 7. The fourth-order valence-electron chi connectivity index (χ4n) is 3.89. The molecule has 1 aliphatic heterocycles. The van der Waals surface area contributed by atoms with Crippen molar-refractivity contribution in [2.24, 2.45) is 0 Å². The summed E-state index contributed by atoms with van der Waals surface area (Å²) in [4.78, 5) is 27.0. The predicted molar refractivity (Wildman–Crippen MR) is 128 cm³/mol. The van der Waals surface area contributed by atoms with Crippen LogP contribution in [0.25, 0.3) is 0 Å². The molecule has 32 heavy (non-hydrogen) atoms. The van der Waals surface area contributed by atoms with Crippen LogP contribution in [-0.2, 0) is 10.2 Å². The summed E-state index contributed by atoms with van der Waals surface area (Å²) in [7, 11) is 1.67. The zero-order valence-electron chi connectivity index (χ0n) is 19.6. The van der Waals surface area contributed by atoms with E-state index in [1.54, 1.807) is 7.11 Å².